The smallest absolute Gasteiger partial charge is 0.343 e. The van der Waals surface area contributed by atoms with E-state index in [1.807, 2.05) is 91.0 Å². The lowest BCUT2D eigenvalue weighted by molar-refractivity contribution is 0.0725. The second-order valence-corrected chi connectivity index (χ2v) is 12.6. The van der Waals surface area contributed by atoms with Crippen molar-refractivity contribution in [2.45, 2.75) is 25.7 Å². The SMILES string of the molecule is O=C(Oc1cccc(-c2ccc3cc(OC(=O)c4ccccc4)ccc3c2Cc2ccc(OCCN3CCCCC3)cc2)c1)c1ccccc1. The predicted molar refractivity (Wildman–Crippen MR) is 197 cm³/mol. The van der Waals surface area contributed by atoms with Gasteiger partial charge in [-0.05, 0) is 126 Å². The van der Waals surface area contributed by atoms with Gasteiger partial charge in [-0.15, -0.1) is 0 Å². The standard InChI is InChI=1S/C44H39NO5/c46-43(33-11-4-1-5-12-33)49-38-16-10-15-35(30-38)40-23-19-36-31-39(50-44(47)34-13-6-2-7-14-34)22-24-41(36)42(40)29-32-17-20-37(21-18-32)48-28-27-45-25-8-3-9-26-45/h1-2,4-7,10-24,30-31H,3,8-9,25-29H2. The third-order valence-corrected chi connectivity index (χ3v) is 9.12. The molecule has 0 aromatic heterocycles. The van der Waals surface area contributed by atoms with Crippen molar-refractivity contribution in [2.24, 2.45) is 0 Å². The molecule has 0 N–H and O–H groups in total. The van der Waals surface area contributed by atoms with Crippen LogP contribution in [0.4, 0.5) is 0 Å². The lowest BCUT2D eigenvalue weighted by atomic mass is 9.90. The zero-order valence-corrected chi connectivity index (χ0v) is 27.9. The fourth-order valence-electron chi connectivity index (χ4n) is 6.49. The minimum Gasteiger partial charge on any atom is -0.492 e. The van der Waals surface area contributed by atoms with Gasteiger partial charge in [-0.3, -0.25) is 4.90 Å². The van der Waals surface area contributed by atoms with E-state index in [1.54, 1.807) is 30.3 Å². The Morgan fingerprint density at radius 2 is 1.22 bits per heavy atom. The Bertz CT molecular complexity index is 2070. The number of ether oxygens (including phenoxy) is 3. The number of carbonyl (C=O) groups excluding carboxylic acids is 2. The lowest BCUT2D eigenvalue weighted by Gasteiger charge is -2.26. The van der Waals surface area contributed by atoms with Crippen molar-refractivity contribution in [1.82, 2.24) is 4.90 Å². The third kappa shape index (κ3) is 8.11. The molecule has 0 spiro atoms. The minimum atomic E-state index is -0.405. The fraction of sp³-hybridized carbons (Fsp3) is 0.182. The van der Waals surface area contributed by atoms with Gasteiger partial charge in [0.05, 0.1) is 11.1 Å². The molecule has 0 unspecified atom stereocenters. The van der Waals surface area contributed by atoms with E-state index in [9.17, 15) is 9.59 Å². The van der Waals surface area contributed by atoms with E-state index in [0.717, 1.165) is 58.4 Å². The molecule has 6 aromatic carbocycles. The molecule has 250 valence electrons. The monoisotopic (exact) mass is 661 g/mol. The Kier molecular flexibility index (Phi) is 10.3. The maximum atomic E-state index is 12.8. The van der Waals surface area contributed by atoms with Crippen LogP contribution in [-0.4, -0.2) is 43.1 Å². The van der Waals surface area contributed by atoms with E-state index in [4.69, 9.17) is 14.2 Å². The van der Waals surface area contributed by atoms with Crippen molar-refractivity contribution < 1.29 is 23.8 Å². The lowest BCUT2D eigenvalue weighted by Crippen LogP contribution is -2.33. The number of esters is 2. The van der Waals surface area contributed by atoms with Gasteiger partial charge in [0.15, 0.2) is 0 Å². The summed E-state index contributed by atoms with van der Waals surface area (Å²) in [5, 5.41) is 1.99. The molecule has 0 radical (unpaired) electrons. The molecular formula is C44H39NO5. The highest BCUT2D eigenvalue weighted by molar-refractivity contribution is 5.95. The molecule has 1 fully saturated rings. The molecular weight excluding hydrogens is 622 g/mol. The van der Waals surface area contributed by atoms with Crippen LogP contribution in [0.5, 0.6) is 17.2 Å². The van der Waals surface area contributed by atoms with E-state index >= 15 is 0 Å². The average Bonchev–Trinajstić information content (AvgIpc) is 3.17. The van der Waals surface area contributed by atoms with Gasteiger partial charge in [0.1, 0.15) is 23.9 Å². The van der Waals surface area contributed by atoms with Gasteiger partial charge in [0, 0.05) is 6.54 Å². The van der Waals surface area contributed by atoms with E-state index in [1.165, 1.54) is 19.3 Å². The Morgan fingerprint density at radius 3 is 1.90 bits per heavy atom. The fourth-order valence-corrected chi connectivity index (χ4v) is 6.49. The first-order valence-electron chi connectivity index (χ1n) is 17.2. The normalized spacial score (nSPS) is 13.1. The molecule has 1 aliphatic rings. The largest absolute Gasteiger partial charge is 0.492 e. The molecule has 0 saturated carbocycles. The van der Waals surface area contributed by atoms with Crippen LogP contribution in [0.1, 0.15) is 51.1 Å². The molecule has 1 heterocycles. The van der Waals surface area contributed by atoms with Crippen LogP contribution in [0.3, 0.4) is 0 Å². The van der Waals surface area contributed by atoms with Crippen LogP contribution in [0, 0.1) is 0 Å². The van der Waals surface area contributed by atoms with Gasteiger partial charge in [0.25, 0.3) is 0 Å². The molecule has 6 nitrogen and oxygen atoms in total. The highest BCUT2D eigenvalue weighted by Crippen LogP contribution is 2.36. The number of piperidine rings is 1. The summed E-state index contributed by atoms with van der Waals surface area (Å²) < 4.78 is 17.6. The zero-order valence-electron chi connectivity index (χ0n) is 27.9. The Hall–Kier alpha value is -5.72. The van der Waals surface area contributed by atoms with Crippen LogP contribution in [0.25, 0.3) is 21.9 Å². The summed E-state index contributed by atoms with van der Waals surface area (Å²) in [5.41, 5.74) is 5.17. The highest BCUT2D eigenvalue weighted by Gasteiger charge is 2.16. The maximum absolute atomic E-state index is 12.8. The number of carbonyl (C=O) groups is 2. The van der Waals surface area contributed by atoms with E-state index in [0.29, 0.717) is 35.7 Å². The minimum absolute atomic E-state index is 0.401. The maximum Gasteiger partial charge on any atom is 0.343 e. The second-order valence-electron chi connectivity index (χ2n) is 12.6. The first-order chi connectivity index (χ1) is 24.6. The number of rotatable bonds is 11. The van der Waals surface area contributed by atoms with E-state index in [2.05, 4.69) is 23.1 Å². The summed E-state index contributed by atoms with van der Waals surface area (Å²) >= 11 is 0. The van der Waals surface area contributed by atoms with Gasteiger partial charge in [-0.2, -0.15) is 0 Å². The first kappa shape index (κ1) is 32.8. The summed E-state index contributed by atoms with van der Waals surface area (Å²) in [7, 11) is 0. The van der Waals surface area contributed by atoms with Crippen molar-refractivity contribution >= 4 is 22.7 Å². The van der Waals surface area contributed by atoms with Crippen molar-refractivity contribution in [1.29, 1.82) is 0 Å². The van der Waals surface area contributed by atoms with Crippen LogP contribution < -0.4 is 14.2 Å². The van der Waals surface area contributed by atoms with Crippen molar-refractivity contribution in [3.63, 3.8) is 0 Å². The number of nitrogens with zero attached hydrogens (tertiary/aromatic N) is 1. The molecule has 1 saturated heterocycles. The Labute approximate surface area is 292 Å². The molecule has 0 aliphatic carbocycles. The van der Waals surface area contributed by atoms with E-state index < -0.39 is 11.9 Å². The molecule has 0 bridgehead atoms. The molecule has 50 heavy (non-hydrogen) atoms. The summed E-state index contributed by atoms with van der Waals surface area (Å²) in [5.74, 6) is 1.00. The van der Waals surface area contributed by atoms with Crippen LogP contribution in [0.15, 0.2) is 140 Å². The number of likely N-dealkylation sites (tertiary alicyclic amines) is 1. The Morgan fingerprint density at radius 1 is 0.580 bits per heavy atom. The summed E-state index contributed by atoms with van der Waals surface area (Å²) in [4.78, 5) is 28.1. The molecule has 0 amide bonds. The van der Waals surface area contributed by atoms with Gasteiger partial charge >= 0.3 is 11.9 Å². The highest BCUT2D eigenvalue weighted by atomic mass is 16.5. The third-order valence-electron chi connectivity index (χ3n) is 9.12. The number of hydrogen-bond donors (Lipinski definition) is 0. The molecule has 0 atom stereocenters. The van der Waals surface area contributed by atoms with Crippen LogP contribution >= 0.6 is 0 Å². The molecule has 1 aliphatic heterocycles. The van der Waals surface area contributed by atoms with Gasteiger partial charge < -0.3 is 14.2 Å². The van der Waals surface area contributed by atoms with Crippen LogP contribution in [-0.2, 0) is 6.42 Å². The summed E-state index contributed by atoms with van der Waals surface area (Å²) in [6, 6.07) is 43.8. The van der Waals surface area contributed by atoms with Gasteiger partial charge in [-0.1, -0.05) is 85.3 Å². The summed E-state index contributed by atoms with van der Waals surface area (Å²) in [6.07, 6.45) is 4.52. The number of hydrogen-bond acceptors (Lipinski definition) is 6. The summed E-state index contributed by atoms with van der Waals surface area (Å²) in [6.45, 7) is 3.94. The van der Waals surface area contributed by atoms with Crippen molar-refractivity contribution in [2.75, 3.05) is 26.2 Å². The topological polar surface area (TPSA) is 65.1 Å². The van der Waals surface area contributed by atoms with Crippen LogP contribution in [0.2, 0.25) is 0 Å². The van der Waals surface area contributed by atoms with Crippen molar-refractivity contribution in [3.05, 3.63) is 162 Å². The average molecular weight is 662 g/mol. The quantitative estimate of drug-likeness (QED) is 0.102. The first-order valence-corrected chi connectivity index (χ1v) is 17.2. The van der Waals surface area contributed by atoms with Gasteiger partial charge in [-0.25, -0.2) is 9.59 Å². The number of benzene rings is 6. The predicted octanol–water partition coefficient (Wildman–Crippen LogP) is 9.40. The molecule has 7 rings (SSSR count). The second kappa shape index (κ2) is 15.7. The van der Waals surface area contributed by atoms with Gasteiger partial charge in [0.2, 0.25) is 0 Å². The molecule has 6 heteroatoms. The van der Waals surface area contributed by atoms with E-state index in [-0.39, 0.29) is 0 Å². The Balaban J connectivity index is 1.16. The van der Waals surface area contributed by atoms with Crippen molar-refractivity contribution in [3.8, 4) is 28.4 Å². The molecule has 6 aromatic rings. The zero-order chi connectivity index (χ0) is 34.1. The number of fused-ring (bicyclic) bond motifs is 1.